The normalized spacial score (nSPS) is 14.6. The first-order valence-corrected chi connectivity index (χ1v) is 11.8. The van der Waals surface area contributed by atoms with Gasteiger partial charge in [0.2, 0.25) is 0 Å². The first kappa shape index (κ1) is 20.7. The predicted molar refractivity (Wildman–Crippen MR) is 133 cm³/mol. The van der Waals surface area contributed by atoms with Crippen LogP contribution in [0.2, 0.25) is 0 Å². The lowest BCUT2D eigenvalue weighted by Gasteiger charge is -2.35. The lowest BCUT2D eigenvalue weighted by atomic mass is 10.1. The van der Waals surface area contributed by atoms with Crippen LogP contribution in [0.25, 0.3) is 10.1 Å². The molecule has 1 aromatic heterocycles. The third-order valence-electron chi connectivity index (χ3n) is 6.03. The van der Waals surface area contributed by atoms with Crippen LogP contribution < -0.4 is 10.2 Å². The number of nitrogens with one attached hydrogen (secondary N) is 1. The number of hydrogen-bond acceptors (Lipinski definition) is 5. The van der Waals surface area contributed by atoms with Crippen molar-refractivity contribution in [1.82, 2.24) is 9.27 Å². The minimum atomic E-state index is -0.0675. The molecule has 6 heteroatoms. The summed E-state index contributed by atoms with van der Waals surface area (Å²) in [4.78, 5) is 17.5. The summed E-state index contributed by atoms with van der Waals surface area (Å²) in [6.45, 7) is 4.99. The van der Waals surface area contributed by atoms with Crippen LogP contribution in [-0.2, 0) is 6.42 Å². The molecule has 0 unspecified atom stereocenters. The molecule has 2 heterocycles. The Labute approximate surface area is 192 Å². The molecular formula is C26H26N4OS. The Morgan fingerprint density at radius 1 is 0.875 bits per heavy atom. The molecule has 1 N–H and O–H groups in total. The molecule has 1 aliphatic heterocycles. The van der Waals surface area contributed by atoms with Gasteiger partial charge < -0.3 is 10.2 Å². The van der Waals surface area contributed by atoms with Crippen molar-refractivity contribution in [3.05, 3.63) is 90.0 Å². The number of nitrogens with zero attached hydrogens (tertiary/aromatic N) is 3. The van der Waals surface area contributed by atoms with Gasteiger partial charge in [-0.25, -0.2) is 0 Å². The van der Waals surface area contributed by atoms with Crippen LogP contribution in [0.5, 0.6) is 0 Å². The van der Waals surface area contributed by atoms with Crippen molar-refractivity contribution < 1.29 is 4.79 Å². The fourth-order valence-electron chi connectivity index (χ4n) is 4.21. The number of fused-ring (bicyclic) bond motifs is 1. The average Bonchev–Trinajstić information content (AvgIpc) is 3.29. The van der Waals surface area contributed by atoms with Gasteiger partial charge in [-0.2, -0.15) is 4.37 Å². The van der Waals surface area contributed by atoms with Gasteiger partial charge in [-0.05, 0) is 53.8 Å². The second-order valence-electron chi connectivity index (χ2n) is 8.06. The van der Waals surface area contributed by atoms with Crippen LogP contribution >= 0.6 is 11.5 Å². The maximum absolute atomic E-state index is 12.6. The molecule has 5 nitrogen and oxygen atoms in total. The van der Waals surface area contributed by atoms with E-state index >= 15 is 0 Å². The number of carbonyl (C=O) groups excluding carboxylic acids is 1. The van der Waals surface area contributed by atoms with Gasteiger partial charge in [-0.3, -0.25) is 9.69 Å². The Balaban J connectivity index is 1.18. The van der Waals surface area contributed by atoms with Gasteiger partial charge in [0.05, 0.1) is 4.70 Å². The zero-order chi connectivity index (χ0) is 21.8. The van der Waals surface area contributed by atoms with E-state index in [1.54, 1.807) is 11.5 Å². The maximum atomic E-state index is 12.6. The van der Waals surface area contributed by atoms with E-state index in [1.807, 2.05) is 48.5 Å². The highest BCUT2D eigenvalue weighted by molar-refractivity contribution is 7.13. The molecule has 4 aromatic rings. The van der Waals surface area contributed by atoms with Crippen molar-refractivity contribution in [3.63, 3.8) is 0 Å². The first-order chi connectivity index (χ1) is 15.8. The number of para-hydroxylation sites is 1. The average molecular weight is 443 g/mol. The number of carbonyl (C=O) groups is 1. The molecule has 0 spiro atoms. The summed E-state index contributed by atoms with van der Waals surface area (Å²) in [5.41, 5.74) is 2.74. The Morgan fingerprint density at radius 3 is 2.44 bits per heavy atom. The van der Waals surface area contributed by atoms with Crippen molar-refractivity contribution in [1.29, 1.82) is 0 Å². The molecule has 3 aromatic carbocycles. The highest BCUT2D eigenvalue weighted by atomic mass is 32.1. The standard InChI is InChI=1S/C26H26N4OS/c31-26(21-9-2-1-3-10-21)27-23-12-6-4-8-20(23)14-15-29-16-18-30(19-17-29)25-22-11-5-7-13-24(22)32-28-25/h1-13H,14-19H2,(H,27,31). The van der Waals surface area contributed by atoms with Crippen molar-refractivity contribution in [3.8, 4) is 0 Å². The van der Waals surface area contributed by atoms with Crippen molar-refractivity contribution in [2.45, 2.75) is 6.42 Å². The summed E-state index contributed by atoms with van der Waals surface area (Å²) < 4.78 is 5.96. The zero-order valence-corrected chi connectivity index (χ0v) is 18.7. The molecule has 0 radical (unpaired) electrons. The highest BCUT2D eigenvalue weighted by Gasteiger charge is 2.20. The van der Waals surface area contributed by atoms with Crippen molar-refractivity contribution in [2.24, 2.45) is 0 Å². The minimum absolute atomic E-state index is 0.0675. The van der Waals surface area contributed by atoms with Gasteiger partial charge in [-0.1, -0.05) is 48.5 Å². The van der Waals surface area contributed by atoms with E-state index in [9.17, 15) is 4.79 Å². The number of rotatable bonds is 6. The summed E-state index contributed by atoms with van der Waals surface area (Å²) in [6, 6.07) is 25.9. The Bertz CT molecular complexity index is 1200. The van der Waals surface area contributed by atoms with Crippen LogP contribution in [0.15, 0.2) is 78.9 Å². The molecule has 1 saturated heterocycles. The van der Waals surface area contributed by atoms with E-state index in [2.05, 4.69) is 45.4 Å². The van der Waals surface area contributed by atoms with Crippen LogP contribution in [0.4, 0.5) is 11.5 Å². The Kier molecular flexibility index (Phi) is 6.14. The number of hydrogen-bond donors (Lipinski definition) is 1. The summed E-state index contributed by atoms with van der Waals surface area (Å²) in [6.07, 6.45) is 0.908. The smallest absolute Gasteiger partial charge is 0.255 e. The van der Waals surface area contributed by atoms with Gasteiger partial charge in [0.1, 0.15) is 5.82 Å². The molecular weight excluding hydrogens is 416 g/mol. The Hall–Kier alpha value is -3.22. The molecule has 1 aliphatic rings. The molecule has 162 valence electrons. The van der Waals surface area contributed by atoms with Gasteiger partial charge in [-0.15, -0.1) is 0 Å². The maximum Gasteiger partial charge on any atom is 0.255 e. The van der Waals surface area contributed by atoms with Gasteiger partial charge >= 0.3 is 0 Å². The van der Waals surface area contributed by atoms with Crippen LogP contribution in [0.1, 0.15) is 15.9 Å². The molecule has 0 bridgehead atoms. The highest BCUT2D eigenvalue weighted by Crippen LogP contribution is 2.29. The quantitative estimate of drug-likeness (QED) is 0.461. The SMILES string of the molecule is O=C(Nc1ccccc1CCN1CCN(c2nsc3ccccc23)CC1)c1ccccc1. The summed E-state index contributed by atoms with van der Waals surface area (Å²) in [7, 11) is 0. The number of aromatic nitrogens is 1. The molecule has 0 atom stereocenters. The largest absolute Gasteiger partial charge is 0.353 e. The lowest BCUT2D eigenvalue weighted by molar-refractivity contribution is 0.102. The van der Waals surface area contributed by atoms with Gasteiger partial charge in [0.25, 0.3) is 5.91 Å². The Morgan fingerprint density at radius 2 is 1.59 bits per heavy atom. The van der Waals surface area contributed by atoms with E-state index in [0.717, 1.165) is 50.6 Å². The van der Waals surface area contributed by atoms with Gasteiger partial charge in [0.15, 0.2) is 0 Å². The predicted octanol–water partition coefficient (Wildman–Crippen LogP) is 4.91. The summed E-state index contributed by atoms with van der Waals surface area (Å²) >= 11 is 1.58. The topological polar surface area (TPSA) is 48.5 Å². The molecule has 1 amide bonds. The third kappa shape index (κ3) is 4.52. The van der Waals surface area contributed by atoms with E-state index in [-0.39, 0.29) is 5.91 Å². The number of piperazine rings is 1. The number of amides is 1. The van der Waals surface area contributed by atoms with Gasteiger partial charge in [0, 0.05) is 49.4 Å². The van der Waals surface area contributed by atoms with E-state index < -0.39 is 0 Å². The van der Waals surface area contributed by atoms with Crippen LogP contribution in [-0.4, -0.2) is 47.9 Å². The molecule has 1 fully saturated rings. The zero-order valence-electron chi connectivity index (χ0n) is 17.9. The number of benzene rings is 3. The second kappa shape index (κ2) is 9.51. The first-order valence-electron chi connectivity index (χ1n) is 11.0. The third-order valence-corrected chi connectivity index (χ3v) is 6.85. The van der Waals surface area contributed by atoms with Crippen LogP contribution in [0.3, 0.4) is 0 Å². The van der Waals surface area contributed by atoms with E-state index in [4.69, 9.17) is 4.37 Å². The summed E-state index contributed by atoms with van der Waals surface area (Å²) in [5.74, 6) is 1.06. The van der Waals surface area contributed by atoms with E-state index in [1.165, 1.54) is 15.6 Å². The van der Waals surface area contributed by atoms with E-state index in [0.29, 0.717) is 5.56 Å². The fraction of sp³-hybridized carbons (Fsp3) is 0.231. The molecule has 0 aliphatic carbocycles. The monoisotopic (exact) mass is 442 g/mol. The second-order valence-corrected chi connectivity index (χ2v) is 8.86. The molecule has 5 rings (SSSR count). The van der Waals surface area contributed by atoms with Crippen molar-refractivity contribution >= 4 is 39.0 Å². The molecule has 0 saturated carbocycles. The lowest BCUT2D eigenvalue weighted by Crippen LogP contribution is -2.47. The van der Waals surface area contributed by atoms with Crippen LogP contribution in [0, 0.1) is 0 Å². The number of anilines is 2. The fourth-order valence-corrected chi connectivity index (χ4v) is 5.00. The minimum Gasteiger partial charge on any atom is -0.353 e. The van der Waals surface area contributed by atoms with Crippen molar-refractivity contribution in [2.75, 3.05) is 42.9 Å². The molecule has 32 heavy (non-hydrogen) atoms. The summed E-state index contributed by atoms with van der Waals surface area (Å²) in [5, 5.41) is 4.34.